The molecule has 0 bridgehead atoms. The lowest BCUT2D eigenvalue weighted by molar-refractivity contribution is 0.157. The molecule has 1 aliphatic heterocycles. The molecule has 3 aliphatic rings. The van der Waals surface area contributed by atoms with E-state index in [-0.39, 0.29) is 24.9 Å². The van der Waals surface area contributed by atoms with Crippen LogP contribution in [0.1, 0.15) is 48.3 Å². The van der Waals surface area contributed by atoms with Crippen LogP contribution in [-0.2, 0) is 11.2 Å². The Morgan fingerprint density at radius 1 is 1.20 bits per heavy atom. The second-order valence-corrected chi connectivity index (χ2v) is 10.7. The van der Waals surface area contributed by atoms with Gasteiger partial charge >= 0.3 is 6.09 Å². The summed E-state index contributed by atoms with van der Waals surface area (Å²) in [4.78, 5) is 12.2. The summed E-state index contributed by atoms with van der Waals surface area (Å²) in [5, 5.41) is 6.33. The summed E-state index contributed by atoms with van der Waals surface area (Å²) in [6.07, 6.45) is 6.49. The monoisotopic (exact) mass is 542 g/mol. The highest BCUT2D eigenvalue weighted by molar-refractivity contribution is 5.70. The molecule has 0 aromatic heterocycles. The molecule has 208 valence electrons. The summed E-state index contributed by atoms with van der Waals surface area (Å²) in [7, 11) is 0. The zero-order valence-electron chi connectivity index (χ0n) is 22.9. The molecule has 2 aromatic carbocycles. The molecule has 6 heteroatoms. The molecular formula is C34H36F2N2O2. The van der Waals surface area contributed by atoms with Crippen LogP contribution >= 0.6 is 0 Å². The Labute approximate surface area is 235 Å². The Kier molecular flexibility index (Phi) is 9.13. The van der Waals surface area contributed by atoms with Crippen LogP contribution < -0.4 is 10.6 Å². The van der Waals surface area contributed by atoms with Crippen LogP contribution in [0, 0.1) is 24.7 Å². The van der Waals surface area contributed by atoms with Crippen molar-refractivity contribution in [3.8, 4) is 23.0 Å². The van der Waals surface area contributed by atoms with Gasteiger partial charge in [0, 0.05) is 37.4 Å². The first-order valence-corrected chi connectivity index (χ1v) is 14.2. The number of benzene rings is 2. The number of rotatable bonds is 8. The van der Waals surface area contributed by atoms with Crippen LogP contribution in [0.15, 0.2) is 77.7 Å². The molecule has 1 heterocycles. The van der Waals surface area contributed by atoms with Crippen LogP contribution in [0.3, 0.4) is 0 Å². The molecule has 3 unspecified atom stereocenters. The van der Waals surface area contributed by atoms with Gasteiger partial charge in [-0.15, -0.1) is 0 Å². The predicted molar refractivity (Wildman–Crippen MR) is 155 cm³/mol. The van der Waals surface area contributed by atoms with Crippen molar-refractivity contribution < 1.29 is 18.3 Å². The standard InChI is InChI=1S/C34H36F2N2O2/c1-23-17-26(11-12-30(23)33-21-37-15-14-32(33)27-18-28(35)20-29(36)19-27)31-10-6-5-9-25(31)13-16-38-34(39)40-22-24-7-3-2-4-8-24/h5-7,9-12,17-18,20,29,32-33,37H,2-3,13-16,19,21-22H2,1H3,(H,38,39). The van der Waals surface area contributed by atoms with E-state index in [2.05, 4.69) is 59.7 Å². The molecule has 2 N–H and O–H groups in total. The Balaban J connectivity index is 1.26. The number of halogens is 2. The Morgan fingerprint density at radius 3 is 2.88 bits per heavy atom. The molecule has 2 aromatic rings. The van der Waals surface area contributed by atoms with Gasteiger partial charge in [0.05, 0.1) is 0 Å². The highest BCUT2D eigenvalue weighted by Crippen LogP contribution is 2.41. The number of alkyl carbamates (subject to hydrolysis) is 1. The van der Waals surface area contributed by atoms with Crippen molar-refractivity contribution in [2.24, 2.45) is 5.92 Å². The minimum absolute atomic E-state index is 0.114. The van der Waals surface area contributed by atoms with Gasteiger partial charge in [-0.25, -0.2) is 13.6 Å². The molecule has 1 amide bonds. The summed E-state index contributed by atoms with van der Waals surface area (Å²) in [5.41, 5.74) is 7.47. The first-order valence-electron chi connectivity index (χ1n) is 14.2. The third-order valence-electron chi connectivity index (χ3n) is 7.98. The zero-order valence-corrected chi connectivity index (χ0v) is 22.9. The molecule has 3 atom stereocenters. The van der Waals surface area contributed by atoms with Gasteiger partial charge in [0.15, 0.2) is 0 Å². The molecule has 0 radical (unpaired) electrons. The summed E-state index contributed by atoms with van der Waals surface area (Å²) in [5.74, 6) is 5.84. The number of alkyl halides is 1. The molecule has 0 saturated carbocycles. The average molecular weight is 543 g/mol. The SMILES string of the molecule is Cc1cc(-c2ccccc2CCNC(=O)OCC2=CCCC#C2)ccc1C1CNCCC1C1=CC(F)=CC(F)C1. The fourth-order valence-corrected chi connectivity index (χ4v) is 6.04. The summed E-state index contributed by atoms with van der Waals surface area (Å²) in [6.45, 7) is 4.41. The predicted octanol–water partition coefficient (Wildman–Crippen LogP) is 6.87. The van der Waals surface area contributed by atoms with E-state index in [9.17, 15) is 13.6 Å². The van der Waals surface area contributed by atoms with Gasteiger partial charge in [-0.1, -0.05) is 66.0 Å². The van der Waals surface area contributed by atoms with E-state index in [0.29, 0.717) is 13.0 Å². The van der Waals surface area contributed by atoms with Gasteiger partial charge in [-0.3, -0.25) is 0 Å². The highest BCUT2D eigenvalue weighted by atomic mass is 19.1. The number of ether oxygens (including phenoxy) is 1. The van der Waals surface area contributed by atoms with Crippen LogP contribution in [0.2, 0.25) is 0 Å². The number of carbonyl (C=O) groups excluding carboxylic acids is 1. The second kappa shape index (κ2) is 13.1. The molecule has 0 spiro atoms. The summed E-state index contributed by atoms with van der Waals surface area (Å²) >= 11 is 0. The Hall–Kier alpha value is -3.69. The lowest BCUT2D eigenvalue weighted by atomic mass is 9.73. The minimum atomic E-state index is -1.25. The van der Waals surface area contributed by atoms with Crippen LogP contribution in [0.25, 0.3) is 11.1 Å². The number of carbonyl (C=O) groups is 1. The quantitative estimate of drug-likeness (QED) is 0.358. The van der Waals surface area contributed by atoms with Crippen molar-refractivity contribution in [3.05, 3.63) is 94.4 Å². The van der Waals surface area contributed by atoms with Crippen LogP contribution in [-0.4, -0.2) is 38.5 Å². The summed E-state index contributed by atoms with van der Waals surface area (Å²) in [6, 6.07) is 14.7. The van der Waals surface area contributed by atoms with E-state index >= 15 is 0 Å². The highest BCUT2D eigenvalue weighted by Gasteiger charge is 2.32. The molecular weight excluding hydrogens is 506 g/mol. The number of hydrogen-bond donors (Lipinski definition) is 2. The minimum Gasteiger partial charge on any atom is -0.444 e. The smallest absolute Gasteiger partial charge is 0.407 e. The maximum atomic E-state index is 14.2. The molecule has 1 fully saturated rings. The van der Waals surface area contributed by atoms with Crippen LogP contribution in [0.4, 0.5) is 13.6 Å². The first kappa shape index (κ1) is 27.9. The van der Waals surface area contributed by atoms with E-state index in [1.807, 2.05) is 18.2 Å². The third-order valence-corrected chi connectivity index (χ3v) is 7.98. The topological polar surface area (TPSA) is 50.4 Å². The van der Waals surface area contributed by atoms with Gasteiger partial charge in [0.1, 0.15) is 18.6 Å². The maximum Gasteiger partial charge on any atom is 0.407 e. The fraction of sp³-hybridized carbons (Fsp3) is 0.382. The van der Waals surface area contributed by atoms with E-state index in [0.717, 1.165) is 71.8 Å². The van der Waals surface area contributed by atoms with Crippen molar-refractivity contribution in [1.82, 2.24) is 10.6 Å². The van der Waals surface area contributed by atoms with Crippen molar-refractivity contribution in [2.45, 2.75) is 51.1 Å². The summed E-state index contributed by atoms with van der Waals surface area (Å²) < 4.78 is 33.5. The largest absolute Gasteiger partial charge is 0.444 e. The number of piperidine rings is 1. The number of aryl methyl sites for hydroxylation is 1. The van der Waals surface area contributed by atoms with Gasteiger partial charge in [0.2, 0.25) is 0 Å². The number of amides is 1. The van der Waals surface area contributed by atoms with Gasteiger partial charge in [-0.05, 0) is 78.6 Å². The van der Waals surface area contributed by atoms with Gasteiger partial charge in [0.25, 0.3) is 0 Å². The van der Waals surface area contributed by atoms with Gasteiger partial charge < -0.3 is 15.4 Å². The van der Waals surface area contributed by atoms with Crippen molar-refractivity contribution in [1.29, 1.82) is 0 Å². The maximum absolute atomic E-state index is 14.2. The van der Waals surface area contributed by atoms with Gasteiger partial charge in [-0.2, -0.15) is 0 Å². The molecule has 2 aliphatic carbocycles. The fourth-order valence-electron chi connectivity index (χ4n) is 6.04. The molecule has 4 nitrogen and oxygen atoms in total. The average Bonchev–Trinajstić information content (AvgIpc) is 2.96. The van der Waals surface area contributed by atoms with Crippen LogP contribution in [0.5, 0.6) is 0 Å². The third kappa shape index (κ3) is 6.89. The van der Waals surface area contributed by atoms with E-state index in [1.165, 1.54) is 5.56 Å². The number of nitrogens with one attached hydrogen (secondary N) is 2. The van der Waals surface area contributed by atoms with Crippen molar-refractivity contribution in [3.63, 3.8) is 0 Å². The normalized spacial score (nSPS) is 22.3. The first-order chi connectivity index (χ1) is 19.5. The second-order valence-electron chi connectivity index (χ2n) is 10.7. The molecule has 40 heavy (non-hydrogen) atoms. The lowest BCUT2D eigenvalue weighted by Crippen LogP contribution is -2.37. The van der Waals surface area contributed by atoms with E-state index in [4.69, 9.17) is 4.74 Å². The Morgan fingerprint density at radius 2 is 2.08 bits per heavy atom. The Bertz CT molecular complexity index is 1400. The van der Waals surface area contributed by atoms with Crippen molar-refractivity contribution >= 4 is 6.09 Å². The van der Waals surface area contributed by atoms with Crippen molar-refractivity contribution in [2.75, 3.05) is 26.2 Å². The lowest BCUT2D eigenvalue weighted by Gasteiger charge is -2.36. The number of hydrogen-bond acceptors (Lipinski definition) is 3. The molecule has 1 saturated heterocycles. The van der Waals surface area contributed by atoms with E-state index in [1.54, 1.807) is 6.08 Å². The zero-order chi connectivity index (χ0) is 27.9. The molecule has 5 rings (SSSR count). The van der Waals surface area contributed by atoms with E-state index < -0.39 is 18.1 Å². The number of allylic oxidation sites excluding steroid dienone is 5.